The van der Waals surface area contributed by atoms with Crippen LogP contribution in [0.4, 0.5) is 0 Å². The average Bonchev–Trinajstić information content (AvgIpc) is 2.00. The fraction of sp³-hybridized carbons (Fsp3) is 0.375. The van der Waals surface area contributed by atoms with E-state index in [1.165, 1.54) is 12.6 Å². The molecule has 0 aromatic carbocycles. The summed E-state index contributed by atoms with van der Waals surface area (Å²) < 4.78 is 0. The second-order valence-electron chi connectivity index (χ2n) is 1.98. The molecule has 56 valence electrons. The van der Waals surface area contributed by atoms with Crippen molar-refractivity contribution in [2.75, 3.05) is 7.05 Å². The molecule has 0 atom stereocenters. The lowest BCUT2D eigenvalue weighted by atomic mass is 10.3. The molecule has 1 aromatic rings. The Kier molecular flexibility index (Phi) is 4.50. The summed E-state index contributed by atoms with van der Waals surface area (Å²) in [5.74, 6) is 0. The molecule has 2 heteroatoms. The zero-order valence-corrected chi connectivity index (χ0v) is 6.76. The molecule has 0 radical (unpaired) electrons. The number of nitrogens with zero attached hydrogens (tertiary/aromatic N) is 1. The van der Waals surface area contributed by atoms with Gasteiger partial charge in [-0.2, -0.15) is 0 Å². The number of aromatic nitrogens is 1. The molecule has 0 fully saturated rings. The summed E-state index contributed by atoms with van der Waals surface area (Å²) in [5.41, 5.74) is 6.80. The molecule has 2 N–H and O–H groups in total. The van der Waals surface area contributed by atoms with Crippen molar-refractivity contribution in [3.8, 4) is 0 Å². The van der Waals surface area contributed by atoms with Crippen LogP contribution >= 0.6 is 0 Å². The zero-order valence-electron chi connectivity index (χ0n) is 6.76. The van der Waals surface area contributed by atoms with Crippen LogP contribution in [0.1, 0.15) is 11.3 Å². The summed E-state index contributed by atoms with van der Waals surface area (Å²) in [7, 11) is 1.50. The Morgan fingerprint density at radius 1 is 1.20 bits per heavy atom. The number of rotatable bonds is 0. The standard InChI is InChI=1S/C7H9N.CH5N/c1-6-3-4-7(2)8-5-6;1-2/h3-5H,1-2H3;2H2,1H3. The topological polar surface area (TPSA) is 38.9 Å². The van der Waals surface area contributed by atoms with Crippen LogP contribution in [0.25, 0.3) is 0 Å². The highest BCUT2D eigenvalue weighted by Gasteiger charge is 1.81. The molecule has 2 nitrogen and oxygen atoms in total. The summed E-state index contributed by atoms with van der Waals surface area (Å²) in [6.07, 6.45) is 1.87. The van der Waals surface area contributed by atoms with E-state index in [9.17, 15) is 0 Å². The molecule has 10 heavy (non-hydrogen) atoms. The highest BCUT2D eigenvalue weighted by Crippen LogP contribution is 1.94. The number of pyridine rings is 1. The van der Waals surface area contributed by atoms with E-state index >= 15 is 0 Å². The Labute approximate surface area is 62.1 Å². The lowest BCUT2D eigenvalue weighted by Gasteiger charge is -1.89. The van der Waals surface area contributed by atoms with Gasteiger partial charge in [-0.25, -0.2) is 0 Å². The van der Waals surface area contributed by atoms with Crippen molar-refractivity contribution in [2.45, 2.75) is 13.8 Å². The van der Waals surface area contributed by atoms with Gasteiger partial charge in [0.1, 0.15) is 0 Å². The van der Waals surface area contributed by atoms with Gasteiger partial charge in [0.15, 0.2) is 0 Å². The smallest absolute Gasteiger partial charge is 0.0372 e. The van der Waals surface area contributed by atoms with Gasteiger partial charge in [0.05, 0.1) is 0 Å². The number of hydrogen-bond acceptors (Lipinski definition) is 2. The number of hydrogen-bond donors (Lipinski definition) is 1. The Morgan fingerprint density at radius 3 is 2.10 bits per heavy atom. The van der Waals surface area contributed by atoms with E-state index in [1.54, 1.807) is 0 Å². The van der Waals surface area contributed by atoms with Crippen LogP contribution in [0.3, 0.4) is 0 Å². The molecule has 1 heterocycles. The largest absolute Gasteiger partial charge is 0.333 e. The first-order chi connectivity index (χ1) is 4.79. The van der Waals surface area contributed by atoms with Crippen molar-refractivity contribution in [3.63, 3.8) is 0 Å². The van der Waals surface area contributed by atoms with Crippen molar-refractivity contribution in [3.05, 3.63) is 29.6 Å². The van der Waals surface area contributed by atoms with Gasteiger partial charge in [-0.15, -0.1) is 0 Å². The summed E-state index contributed by atoms with van der Waals surface area (Å²) in [5, 5.41) is 0. The van der Waals surface area contributed by atoms with E-state index in [0.29, 0.717) is 0 Å². The normalized spacial score (nSPS) is 8.00. The molecular weight excluding hydrogens is 124 g/mol. The van der Waals surface area contributed by atoms with Crippen LogP contribution in [0, 0.1) is 13.8 Å². The maximum absolute atomic E-state index is 4.50. The second-order valence-corrected chi connectivity index (χ2v) is 1.98. The van der Waals surface area contributed by atoms with Gasteiger partial charge >= 0.3 is 0 Å². The highest BCUT2D eigenvalue weighted by molar-refractivity contribution is 5.10. The Hall–Kier alpha value is -0.890. The molecule has 0 aliphatic rings. The maximum Gasteiger partial charge on any atom is 0.0372 e. The molecule has 1 aromatic heterocycles. The second kappa shape index (κ2) is 4.94. The van der Waals surface area contributed by atoms with Gasteiger partial charge in [0.2, 0.25) is 0 Å². The van der Waals surface area contributed by atoms with Gasteiger partial charge in [0.25, 0.3) is 0 Å². The lowest BCUT2D eigenvalue weighted by Crippen LogP contribution is -1.78. The molecule has 0 aliphatic heterocycles. The first-order valence-corrected chi connectivity index (χ1v) is 3.26. The van der Waals surface area contributed by atoms with E-state index in [0.717, 1.165) is 5.69 Å². The zero-order chi connectivity index (χ0) is 7.98. The summed E-state index contributed by atoms with van der Waals surface area (Å²) in [6, 6.07) is 4.07. The Balaban J connectivity index is 0.000000371. The van der Waals surface area contributed by atoms with E-state index in [-0.39, 0.29) is 0 Å². The van der Waals surface area contributed by atoms with E-state index in [4.69, 9.17) is 0 Å². The van der Waals surface area contributed by atoms with Crippen LogP contribution in [-0.2, 0) is 0 Å². The third kappa shape index (κ3) is 3.20. The summed E-state index contributed by atoms with van der Waals surface area (Å²) in [6.45, 7) is 4.02. The van der Waals surface area contributed by atoms with E-state index in [2.05, 4.69) is 16.8 Å². The molecule has 0 unspecified atom stereocenters. The molecule has 0 amide bonds. The minimum atomic E-state index is 1.08. The highest BCUT2D eigenvalue weighted by atomic mass is 14.6. The Morgan fingerprint density at radius 2 is 1.80 bits per heavy atom. The summed E-state index contributed by atoms with van der Waals surface area (Å²) >= 11 is 0. The molecule has 0 saturated carbocycles. The Bertz CT molecular complexity index is 146. The molecule has 0 bridgehead atoms. The molecule has 1 rings (SSSR count). The lowest BCUT2D eigenvalue weighted by molar-refractivity contribution is 1.17. The van der Waals surface area contributed by atoms with Crippen LogP contribution in [0.15, 0.2) is 18.3 Å². The van der Waals surface area contributed by atoms with Crippen molar-refractivity contribution in [2.24, 2.45) is 5.73 Å². The fourth-order valence-corrected chi connectivity index (χ4v) is 0.542. The van der Waals surface area contributed by atoms with Crippen molar-refractivity contribution >= 4 is 0 Å². The monoisotopic (exact) mass is 138 g/mol. The third-order valence-electron chi connectivity index (χ3n) is 1.06. The molecule has 0 saturated heterocycles. The van der Waals surface area contributed by atoms with Gasteiger partial charge in [-0.3, -0.25) is 4.98 Å². The van der Waals surface area contributed by atoms with Gasteiger partial charge < -0.3 is 5.73 Å². The van der Waals surface area contributed by atoms with Crippen LogP contribution < -0.4 is 5.73 Å². The quantitative estimate of drug-likeness (QED) is 0.586. The van der Waals surface area contributed by atoms with E-state index < -0.39 is 0 Å². The van der Waals surface area contributed by atoms with Gasteiger partial charge in [-0.1, -0.05) is 6.07 Å². The maximum atomic E-state index is 4.50. The van der Waals surface area contributed by atoms with Crippen LogP contribution in [0.5, 0.6) is 0 Å². The predicted octanol–water partition coefficient (Wildman–Crippen LogP) is 1.27. The number of aryl methyl sites for hydroxylation is 2. The predicted molar refractivity (Wildman–Crippen MR) is 43.8 cm³/mol. The third-order valence-corrected chi connectivity index (χ3v) is 1.06. The van der Waals surface area contributed by atoms with Gasteiger partial charge in [0, 0.05) is 11.9 Å². The van der Waals surface area contributed by atoms with Crippen molar-refractivity contribution < 1.29 is 0 Å². The molecule has 0 spiro atoms. The minimum absolute atomic E-state index is 1.08. The minimum Gasteiger partial charge on any atom is -0.333 e. The fourth-order valence-electron chi connectivity index (χ4n) is 0.542. The van der Waals surface area contributed by atoms with Crippen LogP contribution in [0.2, 0.25) is 0 Å². The van der Waals surface area contributed by atoms with Crippen LogP contribution in [-0.4, -0.2) is 12.0 Å². The first-order valence-electron chi connectivity index (χ1n) is 3.26. The van der Waals surface area contributed by atoms with Gasteiger partial charge in [-0.05, 0) is 32.5 Å². The molecular formula is C8H14N2. The van der Waals surface area contributed by atoms with Crippen molar-refractivity contribution in [1.29, 1.82) is 0 Å². The average molecular weight is 138 g/mol. The first kappa shape index (κ1) is 9.11. The number of nitrogens with two attached hydrogens (primary N) is 1. The SMILES string of the molecule is CN.Cc1ccc(C)nc1. The molecule has 0 aliphatic carbocycles. The van der Waals surface area contributed by atoms with E-state index in [1.807, 2.05) is 26.1 Å². The summed E-state index contributed by atoms with van der Waals surface area (Å²) in [4.78, 5) is 4.08. The van der Waals surface area contributed by atoms with Crippen molar-refractivity contribution in [1.82, 2.24) is 4.98 Å².